The molecule has 1 unspecified atom stereocenters. The van der Waals surface area contributed by atoms with Crippen LogP contribution in [0.5, 0.6) is 0 Å². The van der Waals surface area contributed by atoms with Gasteiger partial charge in [-0.3, -0.25) is 14.7 Å². The molecular formula is C17H22N4O2S. The third kappa shape index (κ3) is 3.36. The molecule has 0 radical (unpaired) electrons. The van der Waals surface area contributed by atoms with Gasteiger partial charge >= 0.3 is 0 Å². The first-order chi connectivity index (χ1) is 11.6. The van der Waals surface area contributed by atoms with Crippen LogP contribution in [0.2, 0.25) is 0 Å². The minimum atomic E-state index is -0.489. The number of hydrogen-bond acceptors (Lipinski definition) is 4. The molecule has 7 heteroatoms. The Morgan fingerprint density at radius 3 is 3.04 bits per heavy atom. The molecule has 1 aliphatic heterocycles. The fourth-order valence-electron chi connectivity index (χ4n) is 3.02. The number of rotatable bonds is 5. The minimum Gasteiger partial charge on any atom is -0.340 e. The maximum atomic E-state index is 12.9. The zero-order valence-corrected chi connectivity index (χ0v) is 14.8. The Hall–Kier alpha value is -2.15. The Morgan fingerprint density at radius 2 is 2.33 bits per heavy atom. The van der Waals surface area contributed by atoms with Gasteiger partial charge in [-0.1, -0.05) is 13.3 Å². The minimum absolute atomic E-state index is 0.00296. The first-order valence-electron chi connectivity index (χ1n) is 8.25. The number of carbonyl (C=O) groups is 2. The number of H-pyrrole nitrogens is 1. The highest BCUT2D eigenvalue weighted by molar-refractivity contribution is 7.10. The SMILES string of the molecule is CCCC(NC(=O)c1cn[nH]c1C)C(=O)N1CCc2sccc2C1. The van der Waals surface area contributed by atoms with Gasteiger partial charge in [0.1, 0.15) is 6.04 Å². The largest absolute Gasteiger partial charge is 0.340 e. The maximum absolute atomic E-state index is 12.9. The molecule has 0 bridgehead atoms. The molecule has 6 nitrogen and oxygen atoms in total. The van der Waals surface area contributed by atoms with Gasteiger partial charge in [0.25, 0.3) is 5.91 Å². The van der Waals surface area contributed by atoms with Crippen molar-refractivity contribution >= 4 is 23.2 Å². The number of fused-ring (bicyclic) bond motifs is 1. The molecular weight excluding hydrogens is 324 g/mol. The average molecular weight is 346 g/mol. The quantitative estimate of drug-likeness (QED) is 0.872. The second-order valence-electron chi connectivity index (χ2n) is 6.10. The molecule has 1 atom stereocenters. The molecule has 1 aliphatic rings. The molecule has 3 rings (SSSR count). The number of nitrogens with one attached hydrogen (secondary N) is 2. The number of aromatic nitrogens is 2. The Morgan fingerprint density at radius 1 is 1.50 bits per heavy atom. The van der Waals surface area contributed by atoms with Gasteiger partial charge in [0.2, 0.25) is 5.91 Å². The molecule has 0 saturated heterocycles. The predicted molar refractivity (Wildman–Crippen MR) is 92.9 cm³/mol. The van der Waals surface area contributed by atoms with Crippen LogP contribution in [0, 0.1) is 6.92 Å². The average Bonchev–Trinajstić information content (AvgIpc) is 3.21. The summed E-state index contributed by atoms with van der Waals surface area (Å²) in [5.74, 6) is -0.246. The monoisotopic (exact) mass is 346 g/mol. The van der Waals surface area contributed by atoms with E-state index in [2.05, 4.69) is 27.0 Å². The normalized spacial score (nSPS) is 15.0. The summed E-state index contributed by atoms with van der Waals surface area (Å²) in [7, 11) is 0. The number of hydrogen-bond donors (Lipinski definition) is 2. The van der Waals surface area contributed by atoms with Gasteiger partial charge in [0.05, 0.1) is 11.8 Å². The third-order valence-corrected chi connectivity index (χ3v) is 5.40. The van der Waals surface area contributed by atoms with Crippen molar-refractivity contribution < 1.29 is 9.59 Å². The van der Waals surface area contributed by atoms with E-state index in [9.17, 15) is 9.59 Å². The lowest BCUT2D eigenvalue weighted by atomic mass is 10.1. The molecule has 2 amide bonds. The Balaban J connectivity index is 1.70. The lowest BCUT2D eigenvalue weighted by Crippen LogP contribution is -2.49. The summed E-state index contributed by atoms with van der Waals surface area (Å²) >= 11 is 1.75. The fourth-order valence-corrected chi connectivity index (χ4v) is 3.91. The topological polar surface area (TPSA) is 78.1 Å². The number of aromatic amines is 1. The van der Waals surface area contributed by atoms with Crippen molar-refractivity contribution in [2.75, 3.05) is 6.54 Å². The number of aryl methyl sites for hydroxylation is 1. The van der Waals surface area contributed by atoms with Crippen LogP contribution in [-0.4, -0.2) is 39.5 Å². The summed E-state index contributed by atoms with van der Waals surface area (Å²) < 4.78 is 0. The zero-order chi connectivity index (χ0) is 17.1. The molecule has 0 aromatic carbocycles. The molecule has 3 heterocycles. The lowest BCUT2D eigenvalue weighted by molar-refractivity contribution is -0.134. The van der Waals surface area contributed by atoms with Gasteiger partial charge in [0, 0.05) is 23.7 Å². The van der Waals surface area contributed by atoms with Gasteiger partial charge in [-0.05, 0) is 36.8 Å². The molecule has 2 N–H and O–H groups in total. The molecule has 2 aromatic rings. The summed E-state index contributed by atoms with van der Waals surface area (Å²) in [6, 6.07) is 1.60. The van der Waals surface area contributed by atoms with Crippen molar-refractivity contribution in [3.8, 4) is 0 Å². The van der Waals surface area contributed by atoms with E-state index >= 15 is 0 Å². The Kier molecular flexibility index (Phi) is 4.99. The van der Waals surface area contributed by atoms with Gasteiger partial charge in [0.15, 0.2) is 0 Å². The van der Waals surface area contributed by atoms with Crippen molar-refractivity contribution in [3.05, 3.63) is 39.3 Å². The van der Waals surface area contributed by atoms with Crippen molar-refractivity contribution in [3.63, 3.8) is 0 Å². The van der Waals surface area contributed by atoms with Crippen LogP contribution in [-0.2, 0) is 17.8 Å². The summed E-state index contributed by atoms with van der Waals surface area (Å²) in [5.41, 5.74) is 2.42. The van der Waals surface area contributed by atoms with Crippen LogP contribution in [0.25, 0.3) is 0 Å². The first kappa shape index (κ1) is 16.7. The van der Waals surface area contributed by atoms with Gasteiger partial charge < -0.3 is 10.2 Å². The van der Waals surface area contributed by atoms with Crippen LogP contribution in [0.1, 0.15) is 46.3 Å². The fraction of sp³-hybridized carbons (Fsp3) is 0.471. The Bertz CT molecular complexity index is 737. The van der Waals surface area contributed by atoms with E-state index in [0.29, 0.717) is 30.8 Å². The maximum Gasteiger partial charge on any atom is 0.255 e. The third-order valence-electron chi connectivity index (χ3n) is 4.37. The molecule has 24 heavy (non-hydrogen) atoms. The summed E-state index contributed by atoms with van der Waals surface area (Å²) in [4.78, 5) is 28.5. The number of amides is 2. The molecule has 0 saturated carbocycles. The smallest absolute Gasteiger partial charge is 0.255 e. The van der Waals surface area contributed by atoms with E-state index < -0.39 is 6.04 Å². The van der Waals surface area contributed by atoms with E-state index in [1.54, 1.807) is 18.3 Å². The van der Waals surface area contributed by atoms with E-state index in [1.165, 1.54) is 16.6 Å². The van der Waals surface area contributed by atoms with Crippen LogP contribution in [0.4, 0.5) is 0 Å². The standard InChI is InChI=1S/C17H22N4O2S/c1-3-4-14(19-16(22)13-9-18-20-11(13)2)17(23)21-7-5-15-12(10-21)6-8-24-15/h6,8-9,14H,3-5,7,10H2,1-2H3,(H,18,20)(H,19,22). The van der Waals surface area contributed by atoms with Crippen LogP contribution in [0.15, 0.2) is 17.6 Å². The number of nitrogens with zero attached hydrogens (tertiary/aromatic N) is 2. The number of thiophene rings is 1. The second kappa shape index (κ2) is 7.17. The highest BCUT2D eigenvalue weighted by Gasteiger charge is 2.29. The molecule has 2 aromatic heterocycles. The number of carbonyl (C=O) groups excluding carboxylic acids is 2. The van der Waals surface area contributed by atoms with Crippen molar-refractivity contribution in [1.82, 2.24) is 20.4 Å². The van der Waals surface area contributed by atoms with E-state index in [4.69, 9.17) is 0 Å². The van der Waals surface area contributed by atoms with Crippen molar-refractivity contribution in [2.45, 2.75) is 45.7 Å². The van der Waals surface area contributed by atoms with Gasteiger partial charge in [-0.15, -0.1) is 11.3 Å². The molecule has 0 spiro atoms. The lowest BCUT2D eigenvalue weighted by Gasteiger charge is -2.30. The van der Waals surface area contributed by atoms with E-state index in [-0.39, 0.29) is 11.8 Å². The van der Waals surface area contributed by atoms with Gasteiger partial charge in [-0.2, -0.15) is 5.10 Å². The van der Waals surface area contributed by atoms with Crippen LogP contribution >= 0.6 is 11.3 Å². The summed E-state index contributed by atoms with van der Waals surface area (Å²) in [5, 5.41) is 11.6. The van der Waals surface area contributed by atoms with E-state index in [1.807, 2.05) is 11.8 Å². The van der Waals surface area contributed by atoms with Crippen molar-refractivity contribution in [2.24, 2.45) is 0 Å². The van der Waals surface area contributed by atoms with Crippen LogP contribution < -0.4 is 5.32 Å². The zero-order valence-electron chi connectivity index (χ0n) is 14.0. The van der Waals surface area contributed by atoms with Crippen LogP contribution in [0.3, 0.4) is 0 Å². The molecule has 0 fully saturated rings. The molecule has 128 valence electrons. The van der Waals surface area contributed by atoms with Crippen molar-refractivity contribution in [1.29, 1.82) is 0 Å². The first-order valence-corrected chi connectivity index (χ1v) is 9.13. The summed E-state index contributed by atoms with van der Waals surface area (Å²) in [6.45, 7) is 5.16. The van der Waals surface area contributed by atoms with Gasteiger partial charge in [-0.25, -0.2) is 0 Å². The highest BCUT2D eigenvalue weighted by Crippen LogP contribution is 2.24. The second-order valence-corrected chi connectivity index (χ2v) is 7.10. The molecule has 0 aliphatic carbocycles. The predicted octanol–water partition coefficient (Wildman–Crippen LogP) is 2.26. The van der Waals surface area contributed by atoms with E-state index in [0.717, 1.165) is 12.8 Å². The Labute approximate surface area is 145 Å². The highest BCUT2D eigenvalue weighted by atomic mass is 32.1. The summed E-state index contributed by atoms with van der Waals surface area (Å²) in [6.07, 6.45) is 3.86.